The second-order valence-electron chi connectivity index (χ2n) is 5.10. The van der Waals surface area contributed by atoms with Crippen LogP contribution in [0.5, 0.6) is 0 Å². The zero-order chi connectivity index (χ0) is 15.1. The maximum Gasteiger partial charge on any atom is 0.194 e. The first-order valence-electron chi connectivity index (χ1n) is 6.88. The molecule has 2 heteroatoms. The van der Waals surface area contributed by atoms with Gasteiger partial charge in [0.05, 0.1) is 0 Å². The van der Waals surface area contributed by atoms with Crippen molar-refractivity contribution in [1.82, 2.24) is 0 Å². The lowest BCUT2D eigenvalue weighted by molar-refractivity contribution is 0.0421. The monoisotopic (exact) mass is 278 g/mol. The van der Waals surface area contributed by atoms with Gasteiger partial charge < -0.3 is 5.11 Å². The lowest BCUT2D eigenvalue weighted by Crippen LogP contribution is -2.34. The number of benzene rings is 2. The molecule has 1 N–H and O–H groups in total. The molecule has 0 radical (unpaired) electrons. The van der Waals surface area contributed by atoms with Crippen LogP contribution in [0.4, 0.5) is 0 Å². The third kappa shape index (κ3) is 4.28. The molecule has 2 nitrogen and oxygen atoms in total. The Morgan fingerprint density at radius 3 is 2.29 bits per heavy atom. The molecule has 2 aromatic carbocycles. The maximum absolute atomic E-state index is 12.2. The maximum atomic E-state index is 12.2. The van der Waals surface area contributed by atoms with Crippen molar-refractivity contribution in [2.75, 3.05) is 0 Å². The molecule has 1 atom stereocenters. The molecule has 21 heavy (non-hydrogen) atoms. The molecule has 0 aliphatic rings. The molecular weight excluding hydrogens is 260 g/mol. The highest BCUT2D eigenvalue weighted by Gasteiger charge is 2.29. The van der Waals surface area contributed by atoms with Crippen molar-refractivity contribution in [2.45, 2.75) is 18.9 Å². The van der Waals surface area contributed by atoms with Crippen molar-refractivity contribution >= 4 is 11.9 Å². The Labute approximate surface area is 125 Å². The van der Waals surface area contributed by atoms with E-state index in [0.717, 1.165) is 5.56 Å². The number of carbonyl (C=O) groups excluding carboxylic acids is 1. The van der Waals surface area contributed by atoms with E-state index < -0.39 is 5.60 Å². The summed E-state index contributed by atoms with van der Waals surface area (Å²) in [6.45, 7) is 1.53. The van der Waals surface area contributed by atoms with E-state index in [1.54, 1.807) is 30.3 Å². The third-order valence-corrected chi connectivity index (χ3v) is 3.19. The van der Waals surface area contributed by atoms with Crippen LogP contribution in [-0.2, 0) is 0 Å². The smallest absolute Gasteiger partial charge is 0.194 e. The summed E-state index contributed by atoms with van der Waals surface area (Å²) in [5, 5.41) is 10.3. The fourth-order valence-corrected chi connectivity index (χ4v) is 1.96. The molecule has 0 aliphatic carbocycles. The van der Waals surface area contributed by atoms with Gasteiger partial charge in [-0.25, -0.2) is 0 Å². The van der Waals surface area contributed by atoms with Gasteiger partial charge in [-0.15, -0.1) is 5.73 Å². The van der Waals surface area contributed by atoms with Gasteiger partial charge in [0, 0.05) is 12.0 Å². The van der Waals surface area contributed by atoms with E-state index in [2.05, 4.69) is 5.73 Å². The van der Waals surface area contributed by atoms with Crippen LogP contribution in [-0.4, -0.2) is 16.5 Å². The SMILES string of the molecule is CC(O)(CC=C=Cc1ccccc1)C(=O)c1ccccc1. The lowest BCUT2D eigenvalue weighted by Gasteiger charge is -2.19. The second-order valence-corrected chi connectivity index (χ2v) is 5.10. The molecule has 0 saturated heterocycles. The summed E-state index contributed by atoms with van der Waals surface area (Å²) in [6, 6.07) is 18.6. The average molecular weight is 278 g/mol. The second kappa shape index (κ2) is 6.85. The Kier molecular flexibility index (Phi) is 4.89. The molecule has 0 aliphatic heterocycles. The summed E-state index contributed by atoms with van der Waals surface area (Å²) in [6.07, 6.45) is 3.74. The highest BCUT2D eigenvalue weighted by Crippen LogP contribution is 2.17. The van der Waals surface area contributed by atoms with Crippen LogP contribution in [0.25, 0.3) is 6.08 Å². The van der Waals surface area contributed by atoms with Gasteiger partial charge in [-0.2, -0.15) is 0 Å². The van der Waals surface area contributed by atoms with Gasteiger partial charge in [-0.05, 0) is 24.6 Å². The number of aliphatic hydroxyl groups is 1. The minimum atomic E-state index is -1.42. The van der Waals surface area contributed by atoms with Crippen molar-refractivity contribution in [3.8, 4) is 0 Å². The number of hydrogen-bond acceptors (Lipinski definition) is 2. The highest BCUT2D eigenvalue weighted by atomic mass is 16.3. The van der Waals surface area contributed by atoms with Crippen molar-refractivity contribution in [2.24, 2.45) is 0 Å². The average Bonchev–Trinajstić information content (AvgIpc) is 2.53. The summed E-state index contributed by atoms with van der Waals surface area (Å²) in [7, 11) is 0. The van der Waals surface area contributed by atoms with Crippen LogP contribution < -0.4 is 0 Å². The minimum Gasteiger partial charge on any atom is -0.382 e. The fourth-order valence-electron chi connectivity index (χ4n) is 1.96. The van der Waals surface area contributed by atoms with E-state index in [9.17, 15) is 9.90 Å². The van der Waals surface area contributed by atoms with Gasteiger partial charge in [0.15, 0.2) is 5.78 Å². The van der Waals surface area contributed by atoms with Gasteiger partial charge in [0.25, 0.3) is 0 Å². The third-order valence-electron chi connectivity index (χ3n) is 3.19. The normalized spacial score (nSPS) is 12.9. The van der Waals surface area contributed by atoms with Crippen molar-refractivity contribution < 1.29 is 9.90 Å². The first kappa shape index (κ1) is 15.0. The molecule has 0 heterocycles. The Balaban J connectivity index is 2.04. The highest BCUT2D eigenvalue weighted by molar-refractivity contribution is 6.02. The molecular formula is C19H18O2. The number of rotatable bonds is 5. The quantitative estimate of drug-likeness (QED) is 0.665. The summed E-state index contributed by atoms with van der Waals surface area (Å²) < 4.78 is 0. The molecule has 0 aromatic heterocycles. The van der Waals surface area contributed by atoms with Gasteiger partial charge in [0.1, 0.15) is 5.60 Å². The van der Waals surface area contributed by atoms with Gasteiger partial charge >= 0.3 is 0 Å². The molecule has 106 valence electrons. The molecule has 0 saturated carbocycles. The van der Waals surface area contributed by atoms with E-state index in [-0.39, 0.29) is 12.2 Å². The van der Waals surface area contributed by atoms with E-state index in [1.165, 1.54) is 6.92 Å². The molecule has 0 fully saturated rings. The predicted octanol–water partition coefficient (Wildman–Crippen LogP) is 3.88. The van der Waals surface area contributed by atoms with E-state index in [0.29, 0.717) is 5.56 Å². The molecule has 1 unspecified atom stereocenters. The Bertz CT molecular complexity index is 648. The Morgan fingerprint density at radius 2 is 1.67 bits per heavy atom. The van der Waals surface area contributed by atoms with Gasteiger partial charge in [-0.3, -0.25) is 4.79 Å². The van der Waals surface area contributed by atoms with Gasteiger partial charge in [-0.1, -0.05) is 60.7 Å². The summed E-state index contributed by atoms with van der Waals surface area (Å²) in [4.78, 5) is 12.2. The number of hydrogen-bond donors (Lipinski definition) is 1. The molecule has 0 spiro atoms. The molecule has 2 aromatic rings. The molecule has 2 rings (SSSR count). The summed E-state index contributed by atoms with van der Waals surface area (Å²) in [5.41, 5.74) is 3.13. The Morgan fingerprint density at radius 1 is 1.10 bits per heavy atom. The number of Topliss-reactive ketones (excluding diaryl/α,β-unsaturated/α-hetero) is 1. The van der Waals surface area contributed by atoms with Crippen LogP contribution in [0.2, 0.25) is 0 Å². The topological polar surface area (TPSA) is 37.3 Å². The molecule has 0 amide bonds. The Hall–Kier alpha value is -2.41. The number of ketones is 1. The summed E-state index contributed by atoms with van der Waals surface area (Å²) in [5.74, 6) is -0.277. The van der Waals surface area contributed by atoms with Crippen LogP contribution in [0, 0.1) is 0 Å². The summed E-state index contributed by atoms with van der Waals surface area (Å²) >= 11 is 0. The van der Waals surface area contributed by atoms with Crippen LogP contribution in [0.1, 0.15) is 29.3 Å². The zero-order valence-corrected chi connectivity index (χ0v) is 12.0. The predicted molar refractivity (Wildman–Crippen MR) is 85.0 cm³/mol. The van der Waals surface area contributed by atoms with Crippen LogP contribution in [0.3, 0.4) is 0 Å². The number of carbonyl (C=O) groups is 1. The van der Waals surface area contributed by atoms with Crippen molar-refractivity contribution in [3.63, 3.8) is 0 Å². The minimum absolute atomic E-state index is 0.226. The van der Waals surface area contributed by atoms with Crippen molar-refractivity contribution in [3.05, 3.63) is 83.6 Å². The van der Waals surface area contributed by atoms with E-state index >= 15 is 0 Å². The first-order chi connectivity index (χ1) is 10.1. The van der Waals surface area contributed by atoms with E-state index in [1.807, 2.05) is 42.5 Å². The fraction of sp³-hybridized carbons (Fsp3) is 0.158. The lowest BCUT2D eigenvalue weighted by atomic mass is 9.91. The standard InChI is InChI=1S/C19H18O2/c1-19(21,18(20)17-13-6-3-7-14-17)15-9-8-12-16-10-4-2-5-11-16/h2-7,9-14,21H,15H2,1H3. The van der Waals surface area contributed by atoms with Crippen LogP contribution in [0.15, 0.2) is 72.5 Å². The first-order valence-corrected chi connectivity index (χ1v) is 6.88. The van der Waals surface area contributed by atoms with Crippen LogP contribution >= 0.6 is 0 Å². The van der Waals surface area contributed by atoms with Crippen molar-refractivity contribution in [1.29, 1.82) is 0 Å². The van der Waals surface area contributed by atoms with E-state index in [4.69, 9.17) is 0 Å². The molecule has 0 bridgehead atoms. The zero-order valence-electron chi connectivity index (χ0n) is 12.0. The largest absolute Gasteiger partial charge is 0.382 e. The van der Waals surface area contributed by atoms with Gasteiger partial charge in [0.2, 0.25) is 0 Å².